The molecule has 2 rings (SSSR count). The van der Waals surface area contributed by atoms with Crippen molar-refractivity contribution in [3.8, 4) is 0 Å². The molecule has 116 valence electrons. The molecule has 1 aromatic carbocycles. The van der Waals surface area contributed by atoms with E-state index in [4.69, 9.17) is 27.9 Å². The highest BCUT2D eigenvalue weighted by Gasteiger charge is 2.08. The number of carbonyl (C=O) groups excluding carboxylic acids is 1. The Bertz CT molecular complexity index is 627. The number of rotatable bonds is 6. The Hall–Kier alpha value is -1.82. The lowest BCUT2D eigenvalue weighted by Crippen LogP contribution is -2.14. The SMILES string of the molecule is COCCNc1ccc(C(=O)Nc2cc(Cl)cc(Cl)c2)nc1. The second-order valence-corrected chi connectivity index (χ2v) is 5.34. The zero-order valence-corrected chi connectivity index (χ0v) is 13.4. The van der Waals surface area contributed by atoms with Gasteiger partial charge in [0.25, 0.3) is 5.91 Å². The zero-order valence-electron chi connectivity index (χ0n) is 11.9. The van der Waals surface area contributed by atoms with Gasteiger partial charge in [-0.05, 0) is 30.3 Å². The van der Waals surface area contributed by atoms with Crippen molar-refractivity contribution in [2.75, 3.05) is 30.9 Å². The number of nitrogens with one attached hydrogen (secondary N) is 2. The Balaban J connectivity index is 2.00. The third-order valence-electron chi connectivity index (χ3n) is 2.75. The third kappa shape index (κ3) is 4.87. The van der Waals surface area contributed by atoms with Crippen LogP contribution in [0.15, 0.2) is 36.5 Å². The molecular weight excluding hydrogens is 325 g/mol. The molecule has 1 amide bonds. The lowest BCUT2D eigenvalue weighted by molar-refractivity contribution is 0.102. The Morgan fingerprint density at radius 1 is 1.18 bits per heavy atom. The van der Waals surface area contributed by atoms with E-state index in [2.05, 4.69) is 15.6 Å². The first-order chi connectivity index (χ1) is 10.6. The zero-order chi connectivity index (χ0) is 15.9. The minimum atomic E-state index is -0.332. The van der Waals surface area contributed by atoms with Crippen LogP contribution in [-0.2, 0) is 4.74 Å². The second kappa shape index (κ2) is 7.98. The van der Waals surface area contributed by atoms with E-state index < -0.39 is 0 Å². The molecule has 0 bridgehead atoms. The maximum Gasteiger partial charge on any atom is 0.274 e. The summed E-state index contributed by atoms with van der Waals surface area (Å²) in [6, 6.07) is 8.24. The van der Waals surface area contributed by atoms with Crippen LogP contribution in [0, 0.1) is 0 Å². The molecule has 0 saturated heterocycles. The van der Waals surface area contributed by atoms with Gasteiger partial charge in [-0.3, -0.25) is 4.79 Å². The molecule has 5 nitrogen and oxygen atoms in total. The molecule has 0 saturated carbocycles. The molecule has 0 spiro atoms. The average molecular weight is 340 g/mol. The molecule has 0 aliphatic heterocycles. The van der Waals surface area contributed by atoms with Gasteiger partial charge in [-0.2, -0.15) is 0 Å². The van der Waals surface area contributed by atoms with Crippen molar-refractivity contribution in [2.45, 2.75) is 0 Å². The summed E-state index contributed by atoms with van der Waals surface area (Å²) in [5.74, 6) is -0.332. The van der Waals surface area contributed by atoms with Gasteiger partial charge in [-0.25, -0.2) is 4.98 Å². The van der Waals surface area contributed by atoms with Gasteiger partial charge in [0.2, 0.25) is 0 Å². The number of carbonyl (C=O) groups is 1. The van der Waals surface area contributed by atoms with E-state index in [1.165, 1.54) is 0 Å². The number of methoxy groups -OCH3 is 1. The first-order valence-electron chi connectivity index (χ1n) is 6.55. The molecular formula is C15H15Cl2N3O2. The molecule has 0 radical (unpaired) electrons. The third-order valence-corrected chi connectivity index (χ3v) is 3.19. The molecule has 2 N–H and O–H groups in total. The van der Waals surface area contributed by atoms with Crippen LogP contribution in [0.25, 0.3) is 0 Å². The number of anilines is 2. The predicted molar refractivity (Wildman–Crippen MR) is 89.0 cm³/mol. The van der Waals surface area contributed by atoms with E-state index in [0.717, 1.165) is 5.69 Å². The van der Waals surface area contributed by atoms with Crippen molar-refractivity contribution in [1.82, 2.24) is 4.98 Å². The summed E-state index contributed by atoms with van der Waals surface area (Å²) in [6.07, 6.45) is 1.59. The van der Waals surface area contributed by atoms with E-state index in [9.17, 15) is 4.79 Å². The molecule has 0 aliphatic rings. The largest absolute Gasteiger partial charge is 0.383 e. The molecule has 1 heterocycles. The fraction of sp³-hybridized carbons (Fsp3) is 0.200. The summed E-state index contributed by atoms with van der Waals surface area (Å²) in [7, 11) is 1.63. The fourth-order valence-electron chi connectivity index (χ4n) is 1.75. The maximum absolute atomic E-state index is 12.1. The lowest BCUT2D eigenvalue weighted by Gasteiger charge is -2.08. The molecule has 0 atom stereocenters. The van der Waals surface area contributed by atoms with Crippen LogP contribution in [-0.4, -0.2) is 31.2 Å². The van der Waals surface area contributed by atoms with E-state index >= 15 is 0 Å². The molecule has 22 heavy (non-hydrogen) atoms. The summed E-state index contributed by atoms with van der Waals surface area (Å²) in [5, 5.41) is 6.73. The number of hydrogen-bond donors (Lipinski definition) is 2. The number of hydrogen-bond acceptors (Lipinski definition) is 4. The van der Waals surface area contributed by atoms with Gasteiger partial charge in [0.1, 0.15) is 5.69 Å². The Morgan fingerprint density at radius 3 is 2.50 bits per heavy atom. The van der Waals surface area contributed by atoms with Crippen LogP contribution < -0.4 is 10.6 Å². The first kappa shape index (κ1) is 16.5. The number of nitrogens with zero attached hydrogens (tertiary/aromatic N) is 1. The lowest BCUT2D eigenvalue weighted by atomic mass is 10.3. The van der Waals surface area contributed by atoms with Gasteiger partial charge in [-0.1, -0.05) is 23.2 Å². The normalized spacial score (nSPS) is 10.3. The van der Waals surface area contributed by atoms with Gasteiger partial charge < -0.3 is 15.4 Å². The van der Waals surface area contributed by atoms with Crippen molar-refractivity contribution in [2.24, 2.45) is 0 Å². The van der Waals surface area contributed by atoms with Crippen molar-refractivity contribution >= 4 is 40.5 Å². The monoisotopic (exact) mass is 339 g/mol. The number of amides is 1. The first-order valence-corrected chi connectivity index (χ1v) is 7.30. The minimum absolute atomic E-state index is 0.299. The number of benzene rings is 1. The minimum Gasteiger partial charge on any atom is -0.383 e. The van der Waals surface area contributed by atoms with E-state index in [-0.39, 0.29) is 5.91 Å². The van der Waals surface area contributed by atoms with Crippen LogP contribution >= 0.6 is 23.2 Å². The number of halogens is 2. The summed E-state index contributed by atoms with van der Waals surface area (Å²) >= 11 is 11.8. The van der Waals surface area contributed by atoms with E-state index in [0.29, 0.717) is 34.6 Å². The van der Waals surface area contributed by atoms with Gasteiger partial charge >= 0.3 is 0 Å². The highest BCUT2D eigenvalue weighted by atomic mass is 35.5. The van der Waals surface area contributed by atoms with Gasteiger partial charge in [-0.15, -0.1) is 0 Å². The average Bonchev–Trinajstić information content (AvgIpc) is 2.47. The fourth-order valence-corrected chi connectivity index (χ4v) is 2.28. The van der Waals surface area contributed by atoms with E-state index in [1.54, 1.807) is 43.6 Å². The number of pyridine rings is 1. The van der Waals surface area contributed by atoms with Crippen molar-refractivity contribution in [3.63, 3.8) is 0 Å². The van der Waals surface area contributed by atoms with Crippen molar-refractivity contribution < 1.29 is 9.53 Å². The van der Waals surface area contributed by atoms with Gasteiger partial charge in [0.05, 0.1) is 18.5 Å². The van der Waals surface area contributed by atoms with Crippen LogP contribution in [0.2, 0.25) is 10.0 Å². The summed E-state index contributed by atoms with van der Waals surface area (Å²) in [4.78, 5) is 16.2. The van der Waals surface area contributed by atoms with Crippen LogP contribution in [0.4, 0.5) is 11.4 Å². The highest BCUT2D eigenvalue weighted by Crippen LogP contribution is 2.22. The Kier molecular flexibility index (Phi) is 6.00. The quantitative estimate of drug-likeness (QED) is 0.787. The summed E-state index contributed by atoms with van der Waals surface area (Å²) < 4.78 is 4.94. The second-order valence-electron chi connectivity index (χ2n) is 4.46. The molecule has 7 heteroatoms. The van der Waals surface area contributed by atoms with Gasteiger partial charge in [0.15, 0.2) is 0 Å². The number of ether oxygens (including phenoxy) is 1. The number of aromatic nitrogens is 1. The standard InChI is InChI=1S/C15H15Cl2N3O2/c1-22-5-4-18-12-2-3-14(19-9-12)15(21)20-13-7-10(16)6-11(17)8-13/h2-3,6-9,18H,4-5H2,1H3,(H,20,21). The molecule has 0 fully saturated rings. The topological polar surface area (TPSA) is 63.2 Å². The summed E-state index contributed by atoms with van der Waals surface area (Å²) in [5.41, 5.74) is 1.64. The van der Waals surface area contributed by atoms with Gasteiger partial charge in [0, 0.05) is 29.4 Å². The van der Waals surface area contributed by atoms with Crippen LogP contribution in [0.5, 0.6) is 0 Å². The molecule has 0 aliphatic carbocycles. The van der Waals surface area contributed by atoms with Crippen LogP contribution in [0.1, 0.15) is 10.5 Å². The molecule has 2 aromatic rings. The Morgan fingerprint density at radius 2 is 1.91 bits per heavy atom. The highest BCUT2D eigenvalue weighted by molar-refractivity contribution is 6.35. The smallest absolute Gasteiger partial charge is 0.274 e. The van der Waals surface area contributed by atoms with E-state index in [1.807, 2.05) is 0 Å². The van der Waals surface area contributed by atoms with Crippen molar-refractivity contribution in [1.29, 1.82) is 0 Å². The maximum atomic E-state index is 12.1. The Labute approximate surface area is 138 Å². The predicted octanol–water partition coefficient (Wildman–Crippen LogP) is 3.70. The summed E-state index contributed by atoms with van der Waals surface area (Å²) in [6.45, 7) is 1.27. The molecule has 0 unspecified atom stereocenters. The van der Waals surface area contributed by atoms with Crippen LogP contribution in [0.3, 0.4) is 0 Å². The van der Waals surface area contributed by atoms with Crippen molar-refractivity contribution in [3.05, 3.63) is 52.3 Å². The molecule has 1 aromatic heterocycles.